The molecule has 18 heavy (non-hydrogen) atoms. The van der Waals surface area contributed by atoms with Gasteiger partial charge < -0.3 is 21.3 Å². The average Bonchev–Trinajstić information content (AvgIpc) is 2.42. The van der Waals surface area contributed by atoms with Crippen LogP contribution in [0.3, 0.4) is 0 Å². The Morgan fingerprint density at radius 2 is 2.00 bits per heavy atom. The highest BCUT2D eigenvalue weighted by atomic mass is 16.3. The van der Waals surface area contributed by atoms with E-state index in [1.165, 1.54) is 0 Å². The number of carbonyl (C=O) groups is 1. The third-order valence-electron chi connectivity index (χ3n) is 2.65. The minimum Gasteiger partial charge on any atom is -0.394 e. The molecule has 0 aromatic heterocycles. The van der Waals surface area contributed by atoms with Crippen LogP contribution >= 0.6 is 0 Å². The molecular formula is C13H20N2O3. The molecule has 0 bridgehead atoms. The zero-order valence-electron chi connectivity index (χ0n) is 10.2. The van der Waals surface area contributed by atoms with Crippen molar-refractivity contribution < 1.29 is 15.0 Å². The van der Waals surface area contributed by atoms with Crippen LogP contribution in [0.5, 0.6) is 0 Å². The highest BCUT2D eigenvalue weighted by Gasteiger charge is 2.14. The zero-order chi connectivity index (χ0) is 13.4. The minimum atomic E-state index is -0.935. The maximum Gasteiger partial charge on any atom is 0.237 e. The van der Waals surface area contributed by atoms with Crippen LogP contribution in [0, 0.1) is 0 Å². The summed E-state index contributed by atoms with van der Waals surface area (Å²) in [5.74, 6) is -0.307. The molecule has 0 aliphatic heterocycles. The highest BCUT2D eigenvalue weighted by molar-refractivity contribution is 5.81. The second kappa shape index (κ2) is 7.81. The summed E-state index contributed by atoms with van der Waals surface area (Å²) in [7, 11) is 0. The Kier molecular flexibility index (Phi) is 6.35. The maximum absolute atomic E-state index is 11.6. The number of benzene rings is 1. The summed E-state index contributed by atoms with van der Waals surface area (Å²) in [6.07, 6.45) is 0.346. The van der Waals surface area contributed by atoms with Crippen LogP contribution in [0.4, 0.5) is 0 Å². The van der Waals surface area contributed by atoms with E-state index >= 15 is 0 Å². The molecule has 1 aromatic rings. The van der Waals surface area contributed by atoms with Crippen LogP contribution in [0.1, 0.15) is 12.0 Å². The lowest BCUT2D eigenvalue weighted by atomic mass is 10.1. The number of carbonyl (C=O) groups excluding carboxylic acids is 1. The predicted molar refractivity (Wildman–Crippen MR) is 68.8 cm³/mol. The Balaban J connectivity index is 2.27. The van der Waals surface area contributed by atoms with E-state index in [-0.39, 0.29) is 19.1 Å². The van der Waals surface area contributed by atoms with Crippen molar-refractivity contribution in [2.24, 2.45) is 5.73 Å². The molecule has 0 aliphatic rings. The van der Waals surface area contributed by atoms with Crippen molar-refractivity contribution in [2.45, 2.75) is 25.0 Å². The van der Waals surface area contributed by atoms with Gasteiger partial charge in [-0.25, -0.2) is 0 Å². The predicted octanol–water partition coefficient (Wildman–Crippen LogP) is -0.584. The van der Waals surface area contributed by atoms with Crippen LogP contribution in [0.15, 0.2) is 30.3 Å². The third kappa shape index (κ3) is 5.27. The Labute approximate surface area is 107 Å². The molecule has 0 heterocycles. The van der Waals surface area contributed by atoms with E-state index in [9.17, 15) is 4.79 Å². The maximum atomic E-state index is 11.6. The number of amides is 1. The number of nitrogens with one attached hydrogen (secondary N) is 1. The number of aryl methyl sites for hydroxylation is 1. The summed E-state index contributed by atoms with van der Waals surface area (Å²) < 4.78 is 0. The van der Waals surface area contributed by atoms with Crippen LogP contribution in [-0.4, -0.2) is 41.4 Å². The van der Waals surface area contributed by atoms with Crippen LogP contribution in [0.2, 0.25) is 0 Å². The Morgan fingerprint density at radius 3 is 2.61 bits per heavy atom. The molecule has 1 aromatic carbocycles. The van der Waals surface area contributed by atoms with E-state index in [0.717, 1.165) is 12.0 Å². The van der Waals surface area contributed by atoms with Crippen LogP contribution in [0.25, 0.3) is 0 Å². The fraction of sp³-hybridized carbons (Fsp3) is 0.462. The molecule has 0 aliphatic carbocycles. The molecule has 100 valence electrons. The number of aliphatic hydroxyl groups is 2. The van der Waals surface area contributed by atoms with E-state index in [0.29, 0.717) is 6.42 Å². The second-order valence-electron chi connectivity index (χ2n) is 4.21. The van der Waals surface area contributed by atoms with Gasteiger partial charge in [-0.05, 0) is 18.4 Å². The van der Waals surface area contributed by atoms with Crippen LogP contribution < -0.4 is 11.1 Å². The number of hydrogen-bond donors (Lipinski definition) is 4. The molecule has 0 spiro atoms. The van der Waals surface area contributed by atoms with Gasteiger partial charge in [-0.2, -0.15) is 0 Å². The van der Waals surface area contributed by atoms with Crippen molar-refractivity contribution in [3.63, 3.8) is 0 Å². The van der Waals surface area contributed by atoms with E-state index in [4.69, 9.17) is 15.9 Å². The summed E-state index contributed by atoms with van der Waals surface area (Å²) in [4.78, 5) is 11.6. The molecule has 0 saturated heterocycles. The van der Waals surface area contributed by atoms with Crippen molar-refractivity contribution in [3.05, 3.63) is 35.9 Å². The molecule has 5 heteroatoms. The molecule has 0 fully saturated rings. The first-order valence-electron chi connectivity index (χ1n) is 5.99. The first kappa shape index (κ1) is 14.6. The van der Waals surface area contributed by atoms with E-state index in [1.807, 2.05) is 30.3 Å². The summed E-state index contributed by atoms with van der Waals surface area (Å²) in [6.45, 7) is -0.353. The Hall–Kier alpha value is -1.43. The smallest absolute Gasteiger partial charge is 0.237 e. The van der Waals surface area contributed by atoms with Gasteiger partial charge in [0.2, 0.25) is 5.91 Å². The van der Waals surface area contributed by atoms with Gasteiger partial charge in [-0.3, -0.25) is 4.79 Å². The summed E-state index contributed by atoms with van der Waals surface area (Å²) in [6, 6.07) is 9.19. The molecule has 0 unspecified atom stereocenters. The molecule has 1 amide bonds. The van der Waals surface area contributed by atoms with E-state index < -0.39 is 12.1 Å². The molecule has 2 atom stereocenters. The van der Waals surface area contributed by atoms with Gasteiger partial charge in [0.05, 0.1) is 18.8 Å². The number of hydrogen-bond acceptors (Lipinski definition) is 4. The fourth-order valence-corrected chi connectivity index (χ4v) is 1.51. The monoisotopic (exact) mass is 252 g/mol. The van der Waals surface area contributed by atoms with E-state index in [1.54, 1.807) is 0 Å². The van der Waals surface area contributed by atoms with Crippen molar-refractivity contribution in [1.82, 2.24) is 5.32 Å². The van der Waals surface area contributed by atoms with Crippen molar-refractivity contribution >= 4 is 5.91 Å². The normalized spacial score (nSPS) is 13.9. The lowest BCUT2D eigenvalue weighted by Crippen LogP contribution is -2.44. The first-order valence-corrected chi connectivity index (χ1v) is 5.99. The molecule has 0 saturated carbocycles. The standard InChI is InChI=1S/C13H20N2O3/c14-12(13(18)15-8-11(17)9-16)7-6-10-4-2-1-3-5-10/h1-5,11-12,16-17H,6-9,14H2,(H,15,18)/t11-,12-/m0/s1. The average molecular weight is 252 g/mol. The Bertz CT molecular complexity index is 357. The molecular weight excluding hydrogens is 232 g/mol. The lowest BCUT2D eigenvalue weighted by molar-refractivity contribution is -0.123. The summed E-state index contributed by atoms with van der Waals surface area (Å²) in [5, 5.41) is 20.2. The van der Waals surface area contributed by atoms with E-state index in [2.05, 4.69) is 5.32 Å². The minimum absolute atomic E-state index is 0.0222. The van der Waals surface area contributed by atoms with Gasteiger partial charge in [0.1, 0.15) is 0 Å². The topological polar surface area (TPSA) is 95.6 Å². The molecule has 5 nitrogen and oxygen atoms in total. The molecule has 1 rings (SSSR count). The van der Waals surface area contributed by atoms with Gasteiger partial charge >= 0.3 is 0 Å². The quantitative estimate of drug-likeness (QED) is 0.522. The number of aliphatic hydroxyl groups excluding tert-OH is 2. The van der Waals surface area contributed by atoms with Crippen molar-refractivity contribution in [3.8, 4) is 0 Å². The molecule has 0 radical (unpaired) electrons. The van der Waals surface area contributed by atoms with Gasteiger partial charge in [-0.15, -0.1) is 0 Å². The number of rotatable bonds is 7. The lowest BCUT2D eigenvalue weighted by Gasteiger charge is -2.14. The van der Waals surface area contributed by atoms with Crippen LogP contribution in [-0.2, 0) is 11.2 Å². The summed E-state index contributed by atoms with van der Waals surface area (Å²) in [5.41, 5.74) is 6.87. The fourth-order valence-electron chi connectivity index (χ4n) is 1.51. The number of nitrogens with two attached hydrogens (primary N) is 1. The summed E-state index contributed by atoms with van der Waals surface area (Å²) >= 11 is 0. The zero-order valence-corrected chi connectivity index (χ0v) is 10.2. The molecule has 5 N–H and O–H groups in total. The van der Waals surface area contributed by atoms with Crippen molar-refractivity contribution in [2.75, 3.05) is 13.2 Å². The second-order valence-corrected chi connectivity index (χ2v) is 4.21. The Morgan fingerprint density at radius 1 is 1.33 bits per heavy atom. The van der Waals surface area contributed by atoms with Gasteiger partial charge in [-0.1, -0.05) is 30.3 Å². The largest absolute Gasteiger partial charge is 0.394 e. The van der Waals surface area contributed by atoms with Gasteiger partial charge in [0.25, 0.3) is 0 Å². The SMILES string of the molecule is N[C@@H](CCc1ccccc1)C(=O)NC[C@H](O)CO. The highest BCUT2D eigenvalue weighted by Crippen LogP contribution is 2.04. The van der Waals surface area contributed by atoms with Gasteiger partial charge in [0, 0.05) is 6.54 Å². The van der Waals surface area contributed by atoms with Gasteiger partial charge in [0.15, 0.2) is 0 Å². The van der Waals surface area contributed by atoms with Crippen molar-refractivity contribution in [1.29, 1.82) is 0 Å². The first-order chi connectivity index (χ1) is 8.63. The third-order valence-corrected chi connectivity index (χ3v) is 2.65.